The van der Waals surface area contributed by atoms with Crippen LogP contribution in [0.5, 0.6) is 0 Å². The summed E-state index contributed by atoms with van der Waals surface area (Å²) in [5.41, 5.74) is -0.705. The van der Waals surface area contributed by atoms with Crippen molar-refractivity contribution >= 4 is 11.9 Å². The number of hydrogen-bond acceptors (Lipinski definition) is 8. The van der Waals surface area contributed by atoms with Gasteiger partial charge in [-0.1, -0.05) is 30.0 Å². The number of esters is 2. The predicted octanol–water partition coefficient (Wildman–Crippen LogP) is 0.344. The van der Waals surface area contributed by atoms with Crippen LogP contribution in [0.2, 0.25) is 0 Å². The molecule has 2 heterocycles. The van der Waals surface area contributed by atoms with E-state index in [-0.39, 0.29) is 12.2 Å². The molecule has 0 bridgehead atoms. The van der Waals surface area contributed by atoms with Crippen LogP contribution in [0.4, 0.5) is 0 Å². The molecule has 0 radical (unpaired) electrons. The Bertz CT molecular complexity index is 1160. The number of ether oxygens (including phenoxy) is 4. The van der Waals surface area contributed by atoms with Crippen molar-refractivity contribution in [1.82, 2.24) is 9.55 Å². The van der Waals surface area contributed by atoms with Gasteiger partial charge in [0.1, 0.15) is 24.4 Å². The van der Waals surface area contributed by atoms with Gasteiger partial charge in [-0.3, -0.25) is 23.9 Å². The SMILES string of the molecule is CO[C@@H]1[C@H](OC(C)=O)[C@@H](COC(C)=O)O[C@H]1n1cc(C#Cc2ccccc2)c(=O)[nH]c1=O. The van der Waals surface area contributed by atoms with Crippen LogP contribution in [-0.4, -0.2) is 53.5 Å². The third-order valence-corrected chi connectivity index (χ3v) is 4.67. The van der Waals surface area contributed by atoms with Gasteiger partial charge < -0.3 is 18.9 Å². The van der Waals surface area contributed by atoms with E-state index in [0.717, 1.165) is 4.57 Å². The van der Waals surface area contributed by atoms with Crippen LogP contribution < -0.4 is 11.2 Å². The lowest BCUT2D eigenvalue weighted by Crippen LogP contribution is -2.41. The molecule has 0 saturated carbocycles. The molecule has 1 aromatic heterocycles. The zero-order chi connectivity index (χ0) is 23.3. The monoisotopic (exact) mass is 442 g/mol. The third-order valence-electron chi connectivity index (χ3n) is 4.67. The van der Waals surface area contributed by atoms with Gasteiger partial charge in [0, 0.05) is 32.7 Å². The summed E-state index contributed by atoms with van der Waals surface area (Å²) in [6, 6.07) is 9.02. The Labute approximate surface area is 183 Å². The van der Waals surface area contributed by atoms with Crippen molar-refractivity contribution in [3.63, 3.8) is 0 Å². The largest absolute Gasteiger partial charge is 0.463 e. The summed E-state index contributed by atoms with van der Waals surface area (Å²) in [5.74, 6) is 4.45. The molecule has 1 aliphatic rings. The van der Waals surface area contributed by atoms with E-state index < -0.39 is 47.7 Å². The Kier molecular flexibility index (Phi) is 7.25. The molecular formula is C22H22N2O8. The molecule has 1 aromatic carbocycles. The lowest BCUT2D eigenvalue weighted by molar-refractivity contribution is -0.157. The number of H-pyrrole nitrogens is 1. The molecule has 32 heavy (non-hydrogen) atoms. The normalized spacial score (nSPS) is 22.0. The average molecular weight is 442 g/mol. The van der Waals surface area contributed by atoms with E-state index in [0.29, 0.717) is 5.56 Å². The Morgan fingerprint density at radius 3 is 2.44 bits per heavy atom. The fourth-order valence-corrected chi connectivity index (χ4v) is 3.27. The van der Waals surface area contributed by atoms with Gasteiger partial charge >= 0.3 is 17.6 Å². The van der Waals surface area contributed by atoms with Crippen molar-refractivity contribution in [3.05, 3.63) is 68.5 Å². The maximum Gasteiger partial charge on any atom is 0.330 e. The number of nitrogens with one attached hydrogen (secondary N) is 1. The number of aromatic nitrogens is 2. The second-order valence-electron chi connectivity index (χ2n) is 6.97. The van der Waals surface area contributed by atoms with Crippen molar-refractivity contribution in [2.75, 3.05) is 13.7 Å². The van der Waals surface area contributed by atoms with Gasteiger partial charge in [0.2, 0.25) is 0 Å². The first-order chi connectivity index (χ1) is 15.3. The topological polar surface area (TPSA) is 126 Å². The van der Waals surface area contributed by atoms with Gasteiger partial charge in [0.15, 0.2) is 12.3 Å². The van der Waals surface area contributed by atoms with E-state index in [1.165, 1.54) is 27.2 Å². The van der Waals surface area contributed by atoms with Crippen molar-refractivity contribution in [3.8, 4) is 11.8 Å². The standard InChI is InChI=1S/C22H22N2O8/c1-13(25)30-12-17-18(31-14(2)26)19(29-3)21(32-17)24-11-16(20(27)23-22(24)28)10-9-15-7-5-4-6-8-15/h4-8,11,17-19,21H,12H2,1-3H3,(H,23,27,28)/t17-,18-,19-,21-/m1/s1. The molecule has 168 valence electrons. The maximum absolute atomic E-state index is 12.5. The number of rotatable bonds is 5. The molecule has 0 amide bonds. The van der Waals surface area contributed by atoms with Crippen LogP contribution in [0, 0.1) is 11.8 Å². The van der Waals surface area contributed by atoms with Gasteiger partial charge in [-0.25, -0.2) is 4.79 Å². The van der Waals surface area contributed by atoms with E-state index in [9.17, 15) is 19.2 Å². The molecule has 1 N–H and O–H groups in total. The minimum atomic E-state index is -1.08. The first-order valence-electron chi connectivity index (χ1n) is 9.71. The second-order valence-corrected chi connectivity index (χ2v) is 6.97. The third kappa shape index (κ3) is 5.32. The average Bonchev–Trinajstić information content (AvgIpc) is 3.08. The van der Waals surface area contributed by atoms with Crippen molar-refractivity contribution in [1.29, 1.82) is 0 Å². The van der Waals surface area contributed by atoms with Crippen molar-refractivity contribution in [2.45, 2.75) is 38.4 Å². The smallest absolute Gasteiger partial charge is 0.330 e. The highest BCUT2D eigenvalue weighted by molar-refractivity contribution is 5.66. The minimum absolute atomic E-state index is 0.0272. The van der Waals surface area contributed by atoms with Crippen LogP contribution in [0.3, 0.4) is 0 Å². The van der Waals surface area contributed by atoms with E-state index in [1.807, 2.05) is 18.2 Å². The molecule has 0 spiro atoms. The van der Waals surface area contributed by atoms with Crippen LogP contribution >= 0.6 is 0 Å². The Balaban J connectivity index is 1.98. The number of carbonyl (C=O) groups is 2. The number of aromatic amines is 1. The molecular weight excluding hydrogens is 420 g/mol. The number of methoxy groups -OCH3 is 1. The molecule has 2 aromatic rings. The highest BCUT2D eigenvalue weighted by Gasteiger charge is 2.49. The van der Waals surface area contributed by atoms with Gasteiger partial charge in [-0.05, 0) is 12.1 Å². The Morgan fingerprint density at radius 2 is 1.81 bits per heavy atom. The second kappa shape index (κ2) is 10.1. The molecule has 10 nitrogen and oxygen atoms in total. The molecule has 0 aliphatic carbocycles. The molecule has 3 rings (SSSR count). The van der Waals surface area contributed by atoms with Gasteiger partial charge in [-0.15, -0.1) is 0 Å². The van der Waals surface area contributed by atoms with Gasteiger partial charge in [0.25, 0.3) is 5.56 Å². The quantitative estimate of drug-likeness (QED) is 0.519. The van der Waals surface area contributed by atoms with Gasteiger partial charge in [0.05, 0.1) is 0 Å². The molecule has 4 atom stereocenters. The first-order valence-corrected chi connectivity index (χ1v) is 9.71. The zero-order valence-corrected chi connectivity index (χ0v) is 17.7. The number of carbonyl (C=O) groups excluding carboxylic acids is 2. The van der Waals surface area contributed by atoms with Crippen LogP contribution in [0.15, 0.2) is 46.1 Å². The number of hydrogen-bond donors (Lipinski definition) is 1. The van der Waals surface area contributed by atoms with E-state index in [1.54, 1.807) is 12.1 Å². The lowest BCUT2D eigenvalue weighted by atomic mass is 10.1. The molecule has 1 fully saturated rings. The summed E-state index contributed by atoms with van der Waals surface area (Å²) in [4.78, 5) is 49.8. The lowest BCUT2D eigenvalue weighted by Gasteiger charge is -2.23. The van der Waals surface area contributed by atoms with Crippen LogP contribution in [-0.2, 0) is 28.5 Å². The highest BCUT2D eigenvalue weighted by atomic mass is 16.6. The fraction of sp³-hybridized carbons (Fsp3) is 0.364. The summed E-state index contributed by atoms with van der Waals surface area (Å²) in [7, 11) is 1.36. The van der Waals surface area contributed by atoms with E-state index in [4.69, 9.17) is 18.9 Å². The maximum atomic E-state index is 12.5. The zero-order valence-electron chi connectivity index (χ0n) is 17.7. The summed E-state index contributed by atoms with van der Waals surface area (Å²) < 4.78 is 22.7. The van der Waals surface area contributed by atoms with Gasteiger partial charge in [-0.2, -0.15) is 0 Å². The number of nitrogens with zero attached hydrogens (tertiary/aromatic N) is 1. The molecule has 0 unspecified atom stereocenters. The number of benzene rings is 1. The van der Waals surface area contributed by atoms with E-state index >= 15 is 0 Å². The van der Waals surface area contributed by atoms with Crippen molar-refractivity contribution < 1.29 is 28.5 Å². The van der Waals surface area contributed by atoms with Crippen LogP contribution in [0.25, 0.3) is 0 Å². The predicted molar refractivity (Wildman–Crippen MR) is 111 cm³/mol. The molecule has 10 heteroatoms. The fourth-order valence-electron chi connectivity index (χ4n) is 3.27. The van der Waals surface area contributed by atoms with Crippen molar-refractivity contribution in [2.24, 2.45) is 0 Å². The Hall–Kier alpha value is -3.68. The van der Waals surface area contributed by atoms with Crippen LogP contribution in [0.1, 0.15) is 31.2 Å². The minimum Gasteiger partial charge on any atom is -0.463 e. The first kappa shape index (κ1) is 23.0. The molecule has 1 saturated heterocycles. The van der Waals surface area contributed by atoms with E-state index in [2.05, 4.69) is 16.8 Å². The highest BCUT2D eigenvalue weighted by Crippen LogP contribution is 2.33. The summed E-state index contributed by atoms with van der Waals surface area (Å²) >= 11 is 0. The summed E-state index contributed by atoms with van der Waals surface area (Å²) in [6.07, 6.45) is -2.59. The summed E-state index contributed by atoms with van der Waals surface area (Å²) in [6.45, 7) is 2.22. The molecule has 1 aliphatic heterocycles. The summed E-state index contributed by atoms with van der Waals surface area (Å²) in [5, 5.41) is 0. The Morgan fingerprint density at radius 1 is 1.09 bits per heavy atom.